The summed E-state index contributed by atoms with van der Waals surface area (Å²) in [6, 6.07) is 1.60. The van der Waals surface area contributed by atoms with Gasteiger partial charge < -0.3 is 5.32 Å². The largest absolute Gasteiger partial charge is 0.372 e. The highest BCUT2D eigenvalue weighted by Crippen LogP contribution is 2.34. The Bertz CT molecular complexity index is 605. The predicted octanol–water partition coefficient (Wildman–Crippen LogP) is 2.40. The van der Waals surface area contributed by atoms with Crippen LogP contribution in [-0.4, -0.2) is 48.3 Å². The fourth-order valence-corrected chi connectivity index (χ4v) is 5.69. The highest BCUT2D eigenvalue weighted by Gasteiger charge is 2.36. The van der Waals surface area contributed by atoms with E-state index in [2.05, 4.69) is 40.1 Å². The summed E-state index contributed by atoms with van der Waals surface area (Å²) in [5.74, 6) is 1.19. The van der Waals surface area contributed by atoms with Gasteiger partial charge in [-0.05, 0) is 35.8 Å². The number of thioether (sulfide) groups is 1. The number of aromatic nitrogens is 1. The Labute approximate surface area is 132 Å². The second-order valence-corrected chi connectivity index (χ2v) is 9.82. The summed E-state index contributed by atoms with van der Waals surface area (Å²) < 4.78 is 27.8. The lowest BCUT2D eigenvalue weighted by molar-refractivity contribution is 0.387. The van der Waals surface area contributed by atoms with Gasteiger partial charge in [0.2, 0.25) is 10.0 Å². The molecule has 0 spiro atoms. The van der Waals surface area contributed by atoms with Gasteiger partial charge in [-0.15, -0.1) is 0 Å². The van der Waals surface area contributed by atoms with Gasteiger partial charge in [0.25, 0.3) is 0 Å². The van der Waals surface area contributed by atoms with Crippen LogP contribution in [0.4, 0.5) is 5.82 Å². The maximum atomic E-state index is 12.8. The first-order chi connectivity index (χ1) is 9.26. The van der Waals surface area contributed by atoms with E-state index in [0.29, 0.717) is 23.4 Å². The molecule has 1 N–H and O–H groups in total. The molecule has 0 bridgehead atoms. The Kier molecular flexibility index (Phi) is 4.68. The van der Waals surface area contributed by atoms with Crippen LogP contribution in [0, 0.1) is 0 Å². The zero-order valence-electron chi connectivity index (χ0n) is 11.7. The molecule has 8 heteroatoms. The predicted molar refractivity (Wildman–Crippen MR) is 86.8 cm³/mol. The Balaban J connectivity index is 2.42. The summed E-state index contributed by atoms with van der Waals surface area (Å²) >= 11 is 5.09. The van der Waals surface area contributed by atoms with Gasteiger partial charge in [0.05, 0.1) is 0 Å². The summed E-state index contributed by atoms with van der Waals surface area (Å²) in [7, 11) is -1.86. The summed E-state index contributed by atoms with van der Waals surface area (Å²) in [6.45, 7) is 5.18. The molecule has 0 amide bonds. The van der Waals surface area contributed by atoms with Crippen molar-refractivity contribution in [2.75, 3.05) is 31.2 Å². The van der Waals surface area contributed by atoms with Crippen molar-refractivity contribution in [2.24, 2.45) is 0 Å². The third-order valence-electron chi connectivity index (χ3n) is 3.06. The number of hydrogen-bond acceptors (Lipinski definition) is 5. The van der Waals surface area contributed by atoms with Crippen LogP contribution in [0.1, 0.15) is 13.8 Å². The number of rotatable bonds is 3. The molecule has 2 heterocycles. The van der Waals surface area contributed by atoms with Crippen LogP contribution < -0.4 is 5.32 Å². The van der Waals surface area contributed by atoms with Crippen LogP contribution in [0.5, 0.6) is 0 Å². The van der Waals surface area contributed by atoms with E-state index < -0.39 is 10.0 Å². The number of sulfonamides is 1. The molecule has 1 aromatic heterocycles. The lowest BCUT2D eigenvalue weighted by atomic mass is 10.2. The van der Waals surface area contributed by atoms with Gasteiger partial charge in [0, 0.05) is 41.3 Å². The number of hydrogen-bond donors (Lipinski definition) is 1. The molecule has 0 unspecified atom stereocenters. The van der Waals surface area contributed by atoms with Gasteiger partial charge in [-0.1, -0.05) is 0 Å². The van der Waals surface area contributed by atoms with Gasteiger partial charge in [-0.25, -0.2) is 13.4 Å². The summed E-state index contributed by atoms with van der Waals surface area (Å²) in [5, 5.41) is 2.85. The molecule has 112 valence electrons. The second-order valence-electron chi connectivity index (χ2n) is 5.20. The van der Waals surface area contributed by atoms with Crippen molar-refractivity contribution in [2.45, 2.75) is 23.5 Å². The lowest BCUT2D eigenvalue weighted by Crippen LogP contribution is -2.46. The molecule has 5 nitrogen and oxygen atoms in total. The molecule has 2 rings (SSSR count). The summed E-state index contributed by atoms with van der Waals surface area (Å²) in [6.07, 6.45) is 1.58. The van der Waals surface area contributed by atoms with Crippen LogP contribution in [0.15, 0.2) is 21.6 Å². The van der Waals surface area contributed by atoms with E-state index in [9.17, 15) is 8.42 Å². The van der Waals surface area contributed by atoms with E-state index in [1.54, 1.807) is 35.4 Å². The smallest absolute Gasteiger partial charge is 0.246 e. The minimum atomic E-state index is -3.53. The molecular weight excluding hydrogens is 362 g/mol. The molecule has 0 aliphatic carbocycles. The Hall–Kier alpha value is -0.310. The topological polar surface area (TPSA) is 62.3 Å². The molecule has 1 aliphatic rings. The summed E-state index contributed by atoms with van der Waals surface area (Å²) in [5.41, 5.74) is 0. The van der Waals surface area contributed by atoms with E-state index in [4.69, 9.17) is 0 Å². The van der Waals surface area contributed by atoms with Crippen LogP contribution in [-0.2, 0) is 10.0 Å². The Morgan fingerprint density at radius 1 is 1.50 bits per heavy atom. The standard InChI is InChI=1S/C12H18BrN3O2S2/c1-12(2)8-16(4-5-19-12)20(17,18)10-6-9(13)7-15-11(10)14-3/h6-7H,4-5,8H2,1-3H3,(H,14,15). The number of pyridine rings is 1. The lowest BCUT2D eigenvalue weighted by Gasteiger charge is -2.36. The van der Waals surface area contributed by atoms with E-state index in [1.165, 1.54) is 0 Å². The molecule has 1 fully saturated rings. The molecule has 0 aromatic carbocycles. The van der Waals surface area contributed by atoms with E-state index in [1.807, 2.05) is 0 Å². The zero-order valence-corrected chi connectivity index (χ0v) is 14.9. The van der Waals surface area contributed by atoms with Crippen molar-refractivity contribution in [1.29, 1.82) is 0 Å². The molecule has 1 aliphatic heterocycles. The highest BCUT2D eigenvalue weighted by molar-refractivity contribution is 9.10. The third-order valence-corrected chi connectivity index (χ3v) is 6.65. The minimum Gasteiger partial charge on any atom is -0.372 e. The maximum absolute atomic E-state index is 12.8. The van der Waals surface area contributed by atoms with Crippen molar-refractivity contribution in [3.8, 4) is 0 Å². The van der Waals surface area contributed by atoms with Gasteiger partial charge in [0.15, 0.2) is 0 Å². The van der Waals surface area contributed by atoms with Gasteiger partial charge >= 0.3 is 0 Å². The number of nitrogens with one attached hydrogen (secondary N) is 1. The first kappa shape index (κ1) is 16.1. The van der Waals surface area contributed by atoms with Crippen molar-refractivity contribution in [3.05, 3.63) is 16.7 Å². The first-order valence-electron chi connectivity index (χ1n) is 6.24. The van der Waals surface area contributed by atoms with Crippen molar-refractivity contribution in [3.63, 3.8) is 0 Å². The Morgan fingerprint density at radius 3 is 2.80 bits per heavy atom. The van der Waals surface area contributed by atoms with Gasteiger partial charge in [-0.2, -0.15) is 16.1 Å². The monoisotopic (exact) mass is 379 g/mol. The van der Waals surface area contributed by atoms with Gasteiger partial charge in [0.1, 0.15) is 10.7 Å². The number of nitrogens with zero attached hydrogens (tertiary/aromatic N) is 2. The molecule has 1 aromatic rings. The molecular formula is C12H18BrN3O2S2. The fourth-order valence-electron chi connectivity index (χ4n) is 2.12. The quantitative estimate of drug-likeness (QED) is 0.873. The van der Waals surface area contributed by atoms with E-state index >= 15 is 0 Å². The second kappa shape index (κ2) is 5.82. The minimum absolute atomic E-state index is 0.0649. The average molecular weight is 380 g/mol. The van der Waals surface area contributed by atoms with Crippen LogP contribution in [0.3, 0.4) is 0 Å². The van der Waals surface area contributed by atoms with Crippen molar-refractivity contribution < 1.29 is 8.42 Å². The van der Waals surface area contributed by atoms with Crippen molar-refractivity contribution >= 4 is 43.5 Å². The normalized spacial score (nSPS) is 19.8. The molecule has 0 saturated carbocycles. The number of anilines is 1. The third kappa shape index (κ3) is 3.29. The molecule has 0 radical (unpaired) electrons. The average Bonchev–Trinajstić information content (AvgIpc) is 2.37. The van der Waals surface area contributed by atoms with Gasteiger partial charge in [-0.3, -0.25) is 0 Å². The zero-order chi connectivity index (χ0) is 15.0. The first-order valence-corrected chi connectivity index (χ1v) is 9.45. The summed E-state index contributed by atoms with van der Waals surface area (Å²) in [4.78, 5) is 4.34. The molecule has 1 saturated heterocycles. The molecule has 20 heavy (non-hydrogen) atoms. The van der Waals surface area contributed by atoms with E-state index in [0.717, 1.165) is 5.75 Å². The van der Waals surface area contributed by atoms with Crippen LogP contribution in [0.2, 0.25) is 0 Å². The maximum Gasteiger partial charge on any atom is 0.246 e. The van der Waals surface area contributed by atoms with Crippen LogP contribution in [0.25, 0.3) is 0 Å². The van der Waals surface area contributed by atoms with Crippen LogP contribution >= 0.6 is 27.7 Å². The van der Waals surface area contributed by atoms with Crippen molar-refractivity contribution in [1.82, 2.24) is 9.29 Å². The SMILES string of the molecule is CNc1ncc(Br)cc1S(=O)(=O)N1CCSC(C)(C)C1. The molecule has 0 atom stereocenters. The number of halogens is 1. The Morgan fingerprint density at radius 2 is 2.20 bits per heavy atom. The highest BCUT2D eigenvalue weighted by atomic mass is 79.9. The van der Waals surface area contributed by atoms with E-state index in [-0.39, 0.29) is 9.64 Å². The fraction of sp³-hybridized carbons (Fsp3) is 0.583.